The molecule has 2 aromatic heterocycles. The van der Waals surface area contributed by atoms with Crippen molar-refractivity contribution in [1.82, 2.24) is 19.5 Å². The van der Waals surface area contributed by atoms with Crippen LogP contribution in [0.1, 0.15) is 6.23 Å². The van der Waals surface area contributed by atoms with Crippen LogP contribution in [0.4, 0.5) is 5.82 Å². The number of fused-ring (bicyclic) bond motifs is 2. The average Bonchev–Trinajstić information content (AvgIpc) is 3.11. The molecular weight excluding hydrogens is 329 g/mol. The van der Waals surface area contributed by atoms with Crippen LogP contribution in [0, 0.1) is 0 Å². The lowest BCUT2D eigenvalue weighted by Crippen LogP contribution is -2.41. The van der Waals surface area contributed by atoms with Crippen LogP contribution in [0.25, 0.3) is 11.2 Å². The minimum atomic E-state index is -0.833. The molecular formula is C11H14N5O6P. The molecule has 4 rings (SSSR count). The largest absolute Gasteiger partial charge is 0.386 e. The fourth-order valence-electron chi connectivity index (χ4n) is 2.64. The summed E-state index contributed by atoms with van der Waals surface area (Å²) in [5, 5.41) is 10.4. The van der Waals surface area contributed by atoms with E-state index < -0.39 is 27.1 Å². The minimum absolute atomic E-state index is 0.161. The second-order valence-electron chi connectivity index (χ2n) is 4.84. The summed E-state index contributed by atoms with van der Waals surface area (Å²) >= 11 is 0. The highest BCUT2D eigenvalue weighted by molar-refractivity contribution is 7.16. The number of aliphatic hydroxyl groups is 1. The Kier molecular flexibility index (Phi) is 4.76. The Balaban J connectivity index is 0.000000485. The fourth-order valence-corrected chi connectivity index (χ4v) is 2.64. The molecule has 11 nitrogen and oxygen atoms in total. The van der Waals surface area contributed by atoms with Gasteiger partial charge in [-0.2, -0.15) is 0 Å². The van der Waals surface area contributed by atoms with Gasteiger partial charge in [0.25, 0.3) is 0 Å². The van der Waals surface area contributed by atoms with Crippen molar-refractivity contribution in [1.29, 1.82) is 0 Å². The summed E-state index contributed by atoms with van der Waals surface area (Å²) < 4.78 is 26.5. The van der Waals surface area contributed by atoms with Gasteiger partial charge >= 0.3 is 8.69 Å². The van der Waals surface area contributed by atoms with Crippen LogP contribution in [-0.2, 0) is 18.8 Å². The molecule has 0 aliphatic carbocycles. The van der Waals surface area contributed by atoms with Crippen LogP contribution < -0.4 is 5.73 Å². The number of aliphatic hydroxyl groups excluding tert-OH is 1. The average molecular weight is 343 g/mol. The van der Waals surface area contributed by atoms with Crippen molar-refractivity contribution in [2.45, 2.75) is 24.5 Å². The number of aromatic nitrogens is 4. The molecule has 2 aliphatic heterocycles. The van der Waals surface area contributed by atoms with Crippen LogP contribution in [0.3, 0.4) is 0 Å². The third-order valence-corrected chi connectivity index (χ3v) is 3.60. The molecule has 0 spiro atoms. The summed E-state index contributed by atoms with van der Waals surface area (Å²) in [6.07, 6.45) is 0.709. The molecule has 2 unspecified atom stereocenters. The maximum Gasteiger partial charge on any atom is 0.324 e. The zero-order chi connectivity index (χ0) is 16.4. The highest BCUT2D eigenvalue weighted by atomic mass is 31.1. The van der Waals surface area contributed by atoms with Gasteiger partial charge in [0.15, 0.2) is 17.7 Å². The summed E-state index contributed by atoms with van der Waals surface area (Å²) in [5.41, 5.74) is 6.74. The Labute approximate surface area is 131 Å². The number of rotatable bonds is 1. The van der Waals surface area contributed by atoms with E-state index in [1.54, 1.807) is 4.57 Å². The second kappa shape index (κ2) is 6.79. The van der Waals surface area contributed by atoms with Gasteiger partial charge in [-0.05, 0) is 0 Å². The Morgan fingerprint density at radius 2 is 2.17 bits per heavy atom. The first-order chi connectivity index (χ1) is 11.2. The number of anilines is 1. The van der Waals surface area contributed by atoms with Gasteiger partial charge in [0.2, 0.25) is 0 Å². The van der Waals surface area contributed by atoms with E-state index >= 15 is 0 Å². The van der Waals surface area contributed by atoms with E-state index in [4.69, 9.17) is 29.4 Å². The van der Waals surface area contributed by atoms with Crippen molar-refractivity contribution in [3.8, 4) is 0 Å². The van der Waals surface area contributed by atoms with Gasteiger partial charge in [0.05, 0.1) is 12.9 Å². The number of nitrogens with zero attached hydrogens (tertiary/aromatic N) is 4. The van der Waals surface area contributed by atoms with Crippen molar-refractivity contribution in [3.05, 3.63) is 12.7 Å². The highest BCUT2D eigenvalue weighted by Gasteiger charge is 2.47. The topological polar surface area (TPSA) is 155 Å². The first-order valence-electron chi connectivity index (χ1n) is 6.60. The van der Waals surface area contributed by atoms with E-state index in [2.05, 4.69) is 15.0 Å². The number of hydrogen-bond donors (Lipinski definition) is 3. The lowest BCUT2D eigenvalue weighted by Gasteiger charge is -2.25. The van der Waals surface area contributed by atoms with Crippen LogP contribution >= 0.6 is 8.69 Å². The van der Waals surface area contributed by atoms with Gasteiger partial charge in [-0.25, -0.2) is 19.5 Å². The van der Waals surface area contributed by atoms with E-state index in [1.807, 2.05) is 0 Å². The molecule has 2 saturated heterocycles. The van der Waals surface area contributed by atoms with Crippen LogP contribution in [0.15, 0.2) is 12.7 Å². The van der Waals surface area contributed by atoms with Gasteiger partial charge < -0.3 is 29.9 Å². The molecule has 4 N–H and O–H groups in total. The summed E-state index contributed by atoms with van der Waals surface area (Å²) in [5.74, 6) is 0.290. The highest BCUT2D eigenvalue weighted by Crippen LogP contribution is 2.34. The van der Waals surface area contributed by atoms with E-state index in [-0.39, 0.29) is 12.9 Å². The Bertz CT molecular complexity index is 699. The molecule has 2 aromatic rings. The van der Waals surface area contributed by atoms with Gasteiger partial charge in [-0.3, -0.25) is 4.57 Å². The summed E-state index contributed by atoms with van der Waals surface area (Å²) in [6.45, 7) is 0.552. The minimum Gasteiger partial charge on any atom is -0.386 e. The van der Waals surface area contributed by atoms with Gasteiger partial charge in [-0.1, -0.05) is 0 Å². The van der Waals surface area contributed by atoms with E-state index in [9.17, 15) is 5.11 Å². The third-order valence-electron chi connectivity index (χ3n) is 3.60. The third kappa shape index (κ3) is 2.90. The molecule has 0 radical (unpaired) electrons. The van der Waals surface area contributed by atoms with Crippen LogP contribution in [0.5, 0.6) is 0 Å². The number of nitrogens with two attached hydrogens (primary N) is 1. The zero-order valence-electron chi connectivity index (χ0n) is 11.7. The van der Waals surface area contributed by atoms with Gasteiger partial charge in [0, 0.05) is 0 Å². The molecule has 2 fully saturated rings. The molecule has 0 amide bonds. The monoisotopic (exact) mass is 343 g/mol. The predicted octanol–water partition coefficient (Wildman–Crippen LogP) is -0.775. The molecule has 4 atom stereocenters. The number of nitrogen functional groups attached to an aromatic ring is 1. The van der Waals surface area contributed by atoms with Gasteiger partial charge in [-0.15, -0.1) is 0 Å². The molecule has 0 aromatic carbocycles. The van der Waals surface area contributed by atoms with Crippen molar-refractivity contribution >= 4 is 25.7 Å². The maximum absolute atomic E-state index is 10.4. The summed E-state index contributed by atoms with van der Waals surface area (Å²) in [6, 6.07) is 0. The van der Waals surface area contributed by atoms with Crippen molar-refractivity contribution in [3.63, 3.8) is 0 Å². The zero-order valence-corrected chi connectivity index (χ0v) is 12.6. The predicted molar refractivity (Wildman–Crippen MR) is 75.2 cm³/mol. The smallest absolute Gasteiger partial charge is 0.324 e. The summed E-state index contributed by atoms with van der Waals surface area (Å²) in [4.78, 5) is 19.2. The lowest BCUT2D eigenvalue weighted by molar-refractivity contribution is -0.189. The first-order valence-corrected chi connectivity index (χ1v) is 7.36. The van der Waals surface area contributed by atoms with Gasteiger partial charge in [0.1, 0.15) is 36.9 Å². The molecule has 4 heterocycles. The number of hydrogen-bond acceptors (Lipinski definition) is 9. The van der Waals surface area contributed by atoms with E-state index in [0.717, 1.165) is 0 Å². The van der Waals surface area contributed by atoms with E-state index in [0.29, 0.717) is 23.6 Å². The number of ether oxygens (including phenoxy) is 3. The molecule has 12 heteroatoms. The molecule has 124 valence electrons. The fraction of sp³-hybridized carbons (Fsp3) is 0.545. The molecule has 0 bridgehead atoms. The number of imidazole rings is 1. The first kappa shape index (κ1) is 16.1. The quantitative estimate of drug-likeness (QED) is 0.562. The Morgan fingerprint density at radius 1 is 1.39 bits per heavy atom. The van der Waals surface area contributed by atoms with Crippen molar-refractivity contribution < 1.29 is 28.8 Å². The standard InChI is InChI=1S/C11H13N5O4.HO2P/c12-9-6-10(14-2-13-9)16(3-15-6)11-7(17)8-5(20-11)1-18-4-19-8;1-3-2/h2-3,5,7-8,11,17H,1,4H2,(H2,12,13,14);(H,1,2)/t5?,7?,8-,11+;/m0./s1. The summed E-state index contributed by atoms with van der Waals surface area (Å²) in [7, 11) is -0.833. The Morgan fingerprint density at radius 3 is 2.91 bits per heavy atom. The van der Waals surface area contributed by atoms with Crippen LogP contribution in [-0.4, -0.2) is 61.2 Å². The SMILES string of the molecule is Nc1ncnc2c1ncn2[C@@H]1OC2COCO[C@@H]2C1O.O=PO. The second-order valence-corrected chi connectivity index (χ2v) is 5.00. The lowest BCUT2D eigenvalue weighted by atomic mass is 10.1. The normalized spacial score (nSPS) is 30.0. The Hall–Kier alpha value is -1.75. The molecule has 0 saturated carbocycles. The van der Waals surface area contributed by atoms with Crippen molar-refractivity contribution in [2.24, 2.45) is 0 Å². The van der Waals surface area contributed by atoms with E-state index in [1.165, 1.54) is 12.7 Å². The van der Waals surface area contributed by atoms with Crippen molar-refractivity contribution in [2.75, 3.05) is 19.1 Å². The van der Waals surface area contributed by atoms with Crippen LogP contribution in [0.2, 0.25) is 0 Å². The molecule has 2 aliphatic rings. The molecule has 23 heavy (non-hydrogen) atoms. The maximum atomic E-state index is 10.4.